The monoisotopic (exact) mass is 296 g/mol. The van der Waals surface area contributed by atoms with Crippen molar-refractivity contribution in [2.45, 2.75) is 26.2 Å². The van der Waals surface area contributed by atoms with Gasteiger partial charge in [0, 0.05) is 12.1 Å². The molecule has 7 heteroatoms. The molecule has 1 aromatic rings. The number of hydrogen-bond donors (Lipinski definition) is 3. The fraction of sp³-hybridized carbons (Fsp3) is 0.357. The number of aliphatic carboxylic acids is 1. The van der Waals surface area contributed by atoms with Crippen LogP contribution in [-0.4, -0.2) is 29.4 Å². The molecule has 0 aliphatic heterocycles. The average molecular weight is 296 g/mol. The summed E-state index contributed by atoms with van der Waals surface area (Å²) in [5.41, 5.74) is 0.244. The number of carboxylic acids is 1. The minimum Gasteiger partial charge on any atom is -0.481 e. The van der Waals surface area contributed by atoms with Gasteiger partial charge in [-0.2, -0.15) is 0 Å². The Morgan fingerprint density at radius 3 is 2.52 bits per heavy atom. The Morgan fingerprint density at radius 1 is 1.24 bits per heavy atom. The summed E-state index contributed by atoms with van der Waals surface area (Å²) >= 11 is 0. The van der Waals surface area contributed by atoms with Crippen molar-refractivity contribution in [3.63, 3.8) is 0 Å². The number of anilines is 1. The van der Waals surface area contributed by atoms with Crippen LogP contribution >= 0.6 is 0 Å². The van der Waals surface area contributed by atoms with Crippen LogP contribution in [0.2, 0.25) is 0 Å². The predicted molar refractivity (Wildman–Crippen MR) is 74.3 cm³/mol. The van der Waals surface area contributed by atoms with Gasteiger partial charge < -0.3 is 15.7 Å². The van der Waals surface area contributed by atoms with E-state index in [2.05, 4.69) is 10.6 Å². The summed E-state index contributed by atoms with van der Waals surface area (Å²) in [6.07, 6.45) is 0.600. The van der Waals surface area contributed by atoms with Gasteiger partial charge in [-0.25, -0.2) is 4.39 Å². The van der Waals surface area contributed by atoms with Crippen molar-refractivity contribution >= 4 is 23.5 Å². The zero-order valence-electron chi connectivity index (χ0n) is 11.6. The maximum absolute atomic E-state index is 13.6. The molecule has 0 unspecified atom stereocenters. The van der Waals surface area contributed by atoms with Gasteiger partial charge in [0.15, 0.2) is 0 Å². The second-order valence-corrected chi connectivity index (χ2v) is 4.45. The fourth-order valence-electron chi connectivity index (χ4n) is 1.63. The lowest BCUT2D eigenvalue weighted by Gasteiger charge is -2.08. The first kappa shape index (κ1) is 16.6. The first-order chi connectivity index (χ1) is 9.92. The largest absolute Gasteiger partial charge is 0.481 e. The molecule has 2 amide bonds. The number of hydrogen-bond acceptors (Lipinski definition) is 3. The summed E-state index contributed by atoms with van der Waals surface area (Å²) in [5.74, 6) is -2.55. The molecule has 0 radical (unpaired) electrons. The molecule has 21 heavy (non-hydrogen) atoms. The number of benzene rings is 1. The van der Waals surface area contributed by atoms with Gasteiger partial charge in [-0.3, -0.25) is 14.4 Å². The molecule has 0 spiro atoms. The molecular weight excluding hydrogens is 279 g/mol. The molecule has 0 fully saturated rings. The number of carbonyl (C=O) groups excluding carboxylic acids is 2. The van der Waals surface area contributed by atoms with Crippen molar-refractivity contribution in [3.8, 4) is 0 Å². The summed E-state index contributed by atoms with van der Waals surface area (Å²) in [7, 11) is 0. The Bertz CT molecular complexity index is 546. The first-order valence-corrected chi connectivity index (χ1v) is 6.49. The van der Waals surface area contributed by atoms with E-state index in [1.54, 1.807) is 0 Å². The van der Waals surface area contributed by atoms with Gasteiger partial charge in [0.2, 0.25) is 11.8 Å². The van der Waals surface area contributed by atoms with Crippen molar-refractivity contribution in [2.75, 3.05) is 11.9 Å². The summed E-state index contributed by atoms with van der Waals surface area (Å²) in [6.45, 7) is 1.65. The Balaban J connectivity index is 2.55. The second kappa shape index (κ2) is 7.98. The zero-order valence-corrected chi connectivity index (χ0v) is 11.6. The third kappa shape index (κ3) is 6.03. The Hall–Kier alpha value is -2.44. The van der Waals surface area contributed by atoms with Crippen LogP contribution in [0.4, 0.5) is 10.1 Å². The molecule has 0 aromatic heterocycles. The van der Waals surface area contributed by atoms with Gasteiger partial charge in [0.1, 0.15) is 5.82 Å². The third-order valence-corrected chi connectivity index (χ3v) is 2.60. The van der Waals surface area contributed by atoms with E-state index >= 15 is 0 Å². The van der Waals surface area contributed by atoms with Crippen LogP contribution in [0, 0.1) is 5.82 Å². The van der Waals surface area contributed by atoms with Gasteiger partial charge in [-0.1, -0.05) is 13.0 Å². The second-order valence-electron chi connectivity index (χ2n) is 4.45. The maximum atomic E-state index is 13.6. The topological polar surface area (TPSA) is 95.5 Å². The highest BCUT2D eigenvalue weighted by molar-refractivity contribution is 5.94. The molecule has 0 saturated heterocycles. The van der Waals surface area contributed by atoms with Gasteiger partial charge in [0.25, 0.3) is 0 Å². The normalized spacial score (nSPS) is 10.0. The van der Waals surface area contributed by atoms with Crippen molar-refractivity contribution < 1.29 is 23.9 Å². The van der Waals surface area contributed by atoms with E-state index in [-0.39, 0.29) is 23.7 Å². The van der Waals surface area contributed by atoms with Crippen LogP contribution in [0.3, 0.4) is 0 Å². The van der Waals surface area contributed by atoms with Gasteiger partial charge in [-0.05, 0) is 24.1 Å². The van der Waals surface area contributed by atoms with Crippen LogP contribution in [0.25, 0.3) is 0 Å². The summed E-state index contributed by atoms with van der Waals surface area (Å²) in [5, 5.41) is 13.4. The lowest BCUT2D eigenvalue weighted by atomic mass is 10.1. The molecule has 0 bridgehead atoms. The quantitative estimate of drug-likeness (QED) is 0.707. The Labute approximate surface area is 121 Å². The van der Waals surface area contributed by atoms with E-state index in [0.717, 1.165) is 6.07 Å². The van der Waals surface area contributed by atoms with E-state index in [1.165, 1.54) is 12.1 Å². The van der Waals surface area contributed by atoms with Gasteiger partial charge in [0.05, 0.1) is 13.0 Å². The van der Waals surface area contributed by atoms with E-state index < -0.39 is 24.1 Å². The van der Waals surface area contributed by atoms with Crippen molar-refractivity contribution in [1.29, 1.82) is 0 Å². The maximum Gasteiger partial charge on any atom is 0.307 e. The number of amides is 2. The lowest BCUT2D eigenvalue weighted by molar-refractivity contribution is -0.136. The Morgan fingerprint density at radius 2 is 1.95 bits per heavy atom. The van der Waals surface area contributed by atoms with Crippen molar-refractivity contribution in [2.24, 2.45) is 0 Å². The third-order valence-electron chi connectivity index (χ3n) is 2.60. The summed E-state index contributed by atoms with van der Waals surface area (Å²) < 4.78 is 13.6. The molecule has 0 heterocycles. The van der Waals surface area contributed by atoms with Gasteiger partial charge in [-0.15, -0.1) is 0 Å². The molecule has 0 atom stereocenters. The molecule has 0 aliphatic carbocycles. The molecule has 6 nitrogen and oxygen atoms in total. The summed E-state index contributed by atoms with van der Waals surface area (Å²) in [6, 6.07) is 3.76. The minimum absolute atomic E-state index is 0.0387. The van der Waals surface area contributed by atoms with E-state index in [4.69, 9.17) is 5.11 Å². The predicted octanol–water partition coefficient (Wildman–Crippen LogP) is 1.31. The highest BCUT2D eigenvalue weighted by atomic mass is 19.1. The Kier molecular flexibility index (Phi) is 6.32. The van der Waals surface area contributed by atoms with E-state index in [0.29, 0.717) is 12.8 Å². The molecule has 3 N–H and O–H groups in total. The van der Waals surface area contributed by atoms with Crippen LogP contribution < -0.4 is 10.6 Å². The fourth-order valence-corrected chi connectivity index (χ4v) is 1.63. The standard InChI is InChI=1S/C14H17FN2O4/c1-2-3-12(18)16-8-13(19)17-10-5-4-9(6-14(20)21)11(15)7-10/h4-5,7H,2-3,6,8H2,1H3,(H,16,18)(H,17,19)(H,20,21). The number of nitrogens with one attached hydrogen (secondary N) is 2. The SMILES string of the molecule is CCCC(=O)NCC(=O)Nc1ccc(CC(=O)O)c(F)c1. The highest BCUT2D eigenvalue weighted by Gasteiger charge is 2.10. The first-order valence-electron chi connectivity index (χ1n) is 6.49. The number of carbonyl (C=O) groups is 3. The van der Waals surface area contributed by atoms with Crippen LogP contribution in [0.1, 0.15) is 25.3 Å². The molecule has 1 rings (SSSR count). The van der Waals surface area contributed by atoms with E-state index in [1.807, 2.05) is 6.92 Å². The molecule has 0 saturated carbocycles. The molecule has 114 valence electrons. The highest BCUT2D eigenvalue weighted by Crippen LogP contribution is 2.15. The van der Waals surface area contributed by atoms with E-state index in [9.17, 15) is 18.8 Å². The van der Waals surface area contributed by atoms with Crippen LogP contribution in [0.15, 0.2) is 18.2 Å². The van der Waals surface area contributed by atoms with Crippen molar-refractivity contribution in [1.82, 2.24) is 5.32 Å². The zero-order chi connectivity index (χ0) is 15.8. The number of carboxylic acid groups (broad SMARTS) is 1. The molecule has 0 aliphatic rings. The smallest absolute Gasteiger partial charge is 0.307 e. The average Bonchev–Trinajstić information content (AvgIpc) is 2.39. The number of halogens is 1. The van der Waals surface area contributed by atoms with Crippen molar-refractivity contribution in [3.05, 3.63) is 29.6 Å². The van der Waals surface area contributed by atoms with Crippen LogP contribution in [0.5, 0.6) is 0 Å². The minimum atomic E-state index is -1.13. The van der Waals surface area contributed by atoms with Gasteiger partial charge >= 0.3 is 5.97 Å². The summed E-state index contributed by atoms with van der Waals surface area (Å²) in [4.78, 5) is 33.3. The molecule has 1 aromatic carbocycles. The molecular formula is C14H17FN2O4. The van der Waals surface area contributed by atoms with Crippen LogP contribution in [-0.2, 0) is 20.8 Å². The lowest BCUT2D eigenvalue weighted by Crippen LogP contribution is -2.32. The number of rotatable bonds is 7.